The van der Waals surface area contributed by atoms with Crippen molar-refractivity contribution in [2.75, 3.05) is 0 Å². The first-order valence-electron chi connectivity index (χ1n) is 11.5. The first-order valence-corrected chi connectivity index (χ1v) is 11.5. The molecule has 0 amide bonds. The molecule has 4 rings (SSSR count). The van der Waals surface area contributed by atoms with E-state index < -0.39 is 23.6 Å². The second-order valence-corrected chi connectivity index (χ2v) is 8.47. The van der Waals surface area contributed by atoms with Gasteiger partial charge < -0.3 is 9.47 Å². The maximum Gasteiger partial charge on any atom is 0.346 e. The summed E-state index contributed by atoms with van der Waals surface area (Å²) in [6, 6.07) is 25.4. The fraction of sp³-hybridized carbons (Fsp3) is 0.133. The smallest absolute Gasteiger partial charge is 0.346 e. The zero-order valence-electron chi connectivity index (χ0n) is 19.8. The second-order valence-electron chi connectivity index (χ2n) is 8.47. The molecule has 0 atom stereocenters. The second kappa shape index (κ2) is 10.5. The molecule has 0 saturated carbocycles. The average Bonchev–Trinajstić information content (AvgIpc) is 2.89. The van der Waals surface area contributed by atoms with E-state index in [9.17, 15) is 18.4 Å². The fourth-order valence-corrected chi connectivity index (χ4v) is 3.93. The van der Waals surface area contributed by atoms with E-state index in [0.29, 0.717) is 11.5 Å². The number of esters is 2. The van der Waals surface area contributed by atoms with Crippen LogP contribution in [-0.2, 0) is 5.41 Å². The maximum atomic E-state index is 13.9. The number of carbonyl (C=O) groups is 2. The number of halogens is 2. The van der Waals surface area contributed by atoms with Crippen LogP contribution in [0.4, 0.5) is 8.78 Å². The molecule has 182 valence electrons. The van der Waals surface area contributed by atoms with Gasteiger partial charge in [0.1, 0.15) is 23.1 Å². The number of carbonyl (C=O) groups excluding carboxylic acids is 2. The average molecular weight is 487 g/mol. The van der Waals surface area contributed by atoms with Crippen LogP contribution in [0.5, 0.6) is 11.5 Å². The summed E-state index contributed by atoms with van der Waals surface area (Å²) < 4.78 is 38.4. The van der Waals surface area contributed by atoms with Gasteiger partial charge in [-0.1, -0.05) is 62.4 Å². The number of hydrogen-bond donors (Lipinski definition) is 0. The van der Waals surface area contributed by atoms with Gasteiger partial charge >= 0.3 is 11.9 Å². The summed E-state index contributed by atoms with van der Waals surface area (Å²) in [7, 11) is 0. The highest BCUT2D eigenvalue weighted by Crippen LogP contribution is 2.37. The van der Waals surface area contributed by atoms with Gasteiger partial charge in [0.25, 0.3) is 0 Å². The Labute approximate surface area is 208 Å². The van der Waals surface area contributed by atoms with Gasteiger partial charge in [0.05, 0.1) is 11.1 Å². The van der Waals surface area contributed by atoms with Crippen LogP contribution in [0, 0.1) is 11.6 Å². The van der Waals surface area contributed by atoms with Crippen molar-refractivity contribution in [2.45, 2.75) is 25.7 Å². The quantitative estimate of drug-likeness (QED) is 0.206. The van der Waals surface area contributed by atoms with Gasteiger partial charge in [0, 0.05) is 5.41 Å². The highest BCUT2D eigenvalue weighted by molar-refractivity contribution is 5.91. The van der Waals surface area contributed by atoms with Gasteiger partial charge in [-0.3, -0.25) is 0 Å². The van der Waals surface area contributed by atoms with Crippen LogP contribution in [0.15, 0.2) is 97.1 Å². The van der Waals surface area contributed by atoms with Gasteiger partial charge in [-0.15, -0.1) is 0 Å². The maximum absolute atomic E-state index is 13.9. The highest BCUT2D eigenvalue weighted by Gasteiger charge is 2.27. The Kier molecular flexibility index (Phi) is 7.25. The Bertz CT molecular complexity index is 1280. The fourth-order valence-electron chi connectivity index (χ4n) is 3.93. The van der Waals surface area contributed by atoms with E-state index >= 15 is 0 Å². The van der Waals surface area contributed by atoms with Crippen molar-refractivity contribution in [1.29, 1.82) is 0 Å². The minimum absolute atomic E-state index is 0.129. The Hall–Kier alpha value is -4.32. The lowest BCUT2D eigenvalue weighted by Gasteiger charge is -2.30. The first kappa shape index (κ1) is 24.8. The zero-order valence-corrected chi connectivity index (χ0v) is 19.8. The van der Waals surface area contributed by atoms with E-state index in [1.54, 1.807) is 36.4 Å². The number of hydrogen-bond acceptors (Lipinski definition) is 4. The summed E-state index contributed by atoms with van der Waals surface area (Å²) in [6.07, 6.45) is 0.760. The summed E-state index contributed by atoms with van der Waals surface area (Å²) in [5.41, 5.74) is 1.31. The molecule has 0 heterocycles. The Balaban J connectivity index is 1.49. The van der Waals surface area contributed by atoms with Gasteiger partial charge in [-0.2, -0.15) is 0 Å². The van der Waals surface area contributed by atoms with Crippen molar-refractivity contribution in [1.82, 2.24) is 0 Å². The van der Waals surface area contributed by atoms with Crippen molar-refractivity contribution < 1.29 is 27.8 Å². The molecule has 6 heteroatoms. The molecule has 4 aromatic rings. The van der Waals surface area contributed by atoms with Crippen LogP contribution in [0.2, 0.25) is 0 Å². The van der Waals surface area contributed by atoms with Crippen LogP contribution < -0.4 is 9.47 Å². The van der Waals surface area contributed by atoms with Crippen LogP contribution in [-0.4, -0.2) is 11.9 Å². The molecule has 0 spiro atoms. The van der Waals surface area contributed by atoms with Gasteiger partial charge in [-0.05, 0) is 66.1 Å². The molecule has 4 nitrogen and oxygen atoms in total. The summed E-state index contributed by atoms with van der Waals surface area (Å²) >= 11 is 0. The summed E-state index contributed by atoms with van der Waals surface area (Å²) in [6.45, 7) is 4.13. The lowest BCUT2D eigenvalue weighted by atomic mass is 9.74. The standard InChI is InChI=1S/C30H24F2O4/c1-3-30(2,20-12-16-22(17-13-20)35-28(33)24-8-4-6-10-26(24)31)21-14-18-23(19-15-21)36-29(34)25-9-5-7-11-27(25)32/h4-19H,3H2,1-2H3. The van der Waals surface area contributed by atoms with Gasteiger partial charge in [0.2, 0.25) is 0 Å². The van der Waals surface area contributed by atoms with E-state index in [1.807, 2.05) is 24.3 Å². The van der Waals surface area contributed by atoms with Gasteiger partial charge in [-0.25, -0.2) is 18.4 Å². The summed E-state index contributed by atoms with van der Waals surface area (Å²) in [4.78, 5) is 24.6. The van der Waals surface area contributed by atoms with E-state index in [4.69, 9.17) is 9.47 Å². The monoisotopic (exact) mass is 486 g/mol. The SMILES string of the molecule is CCC(C)(c1ccc(OC(=O)c2ccccc2F)cc1)c1ccc(OC(=O)c2ccccc2F)cc1. The first-order chi connectivity index (χ1) is 17.3. The molecule has 0 radical (unpaired) electrons. The molecular weight excluding hydrogens is 462 g/mol. The summed E-state index contributed by atoms with van der Waals surface area (Å²) in [5, 5.41) is 0. The van der Waals surface area contributed by atoms with Crippen LogP contribution in [0.25, 0.3) is 0 Å². The molecular formula is C30H24F2O4. The van der Waals surface area contributed by atoms with E-state index in [1.165, 1.54) is 36.4 Å². The minimum atomic E-state index is -0.764. The zero-order chi connectivity index (χ0) is 25.7. The molecule has 0 aliphatic heterocycles. The topological polar surface area (TPSA) is 52.6 Å². The lowest BCUT2D eigenvalue weighted by molar-refractivity contribution is 0.0720. The predicted octanol–water partition coefficient (Wildman–Crippen LogP) is 7.12. The number of ether oxygens (including phenoxy) is 2. The normalized spacial score (nSPS) is 11.1. The lowest BCUT2D eigenvalue weighted by Crippen LogP contribution is -2.22. The van der Waals surface area contributed by atoms with Gasteiger partial charge in [0.15, 0.2) is 0 Å². The number of benzene rings is 4. The third-order valence-electron chi connectivity index (χ3n) is 6.30. The highest BCUT2D eigenvalue weighted by atomic mass is 19.1. The Morgan fingerprint density at radius 2 is 1.00 bits per heavy atom. The molecule has 0 aliphatic rings. The van der Waals surface area contributed by atoms with E-state index in [2.05, 4.69) is 13.8 Å². The predicted molar refractivity (Wildman–Crippen MR) is 132 cm³/mol. The molecule has 0 aliphatic carbocycles. The Morgan fingerprint density at radius 1 is 0.639 bits per heavy atom. The molecule has 0 N–H and O–H groups in total. The molecule has 0 aromatic heterocycles. The van der Waals surface area contributed by atoms with Crippen molar-refractivity contribution in [3.8, 4) is 11.5 Å². The van der Waals surface area contributed by atoms with Crippen LogP contribution in [0.1, 0.15) is 52.1 Å². The van der Waals surface area contributed by atoms with Crippen LogP contribution >= 0.6 is 0 Å². The molecule has 0 bridgehead atoms. The molecule has 36 heavy (non-hydrogen) atoms. The molecule has 0 unspecified atom stereocenters. The largest absolute Gasteiger partial charge is 0.423 e. The van der Waals surface area contributed by atoms with E-state index in [0.717, 1.165) is 17.5 Å². The van der Waals surface area contributed by atoms with Crippen molar-refractivity contribution in [3.63, 3.8) is 0 Å². The Morgan fingerprint density at radius 3 is 1.33 bits per heavy atom. The van der Waals surface area contributed by atoms with Crippen molar-refractivity contribution in [3.05, 3.63) is 131 Å². The van der Waals surface area contributed by atoms with Crippen molar-refractivity contribution in [2.24, 2.45) is 0 Å². The third-order valence-corrected chi connectivity index (χ3v) is 6.30. The molecule has 0 fully saturated rings. The summed E-state index contributed by atoms with van der Waals surface area (Å²) in [5.74, 6) is -2.19. The third kappa shape index (κ3) is 5.18. The molecule has 4 aromatic carbocycles. The van der Waals surface area contributed by atoms with Crippen molar-refractivity contribution >= 4 is 11.9 Å². The minimum Gasteiger partial charge on any atom is -0.423 e. The molecule has 0 saturated heterocycles. The number of rotatable bonds is 7. The van der Waals surface area contributed by atoms with E-state index in [-0.39, 0.29) is 16.5 Å². The van der Waals surface area contributed by atoms with Crippen LogP contribution in [0.3, 0.4) is 0 Å².